The Labute approximate surface area is 205 Å². The van der Waals surface area contributed by atoms with E-state index in [-0.39, 0.29) is 6.04 Å². The minimum absolute atomic E-state index is 0.106. The molecule has 3 aromatic rings. The second-order valence-corrected chi connectivity index (χ2v) is 9.28. The van der Waals surface area contributed by atoms with Crippen LogP contribution in [0, 0.1) is 22.7 Å². The number of halogens is 2. The number of rotatable bonds is 5. The van der Waals surface area contributed by atoms with Crippen LogP contribution in [0.3, 0.4) is 0 Å². The van der Waals surface area contributed by atoms with E-state index in [0.29, 0.717) is 27.1 Å². The third-order valence-electron chi connectivity index (χ3n) is 6.25. The number of nitriles is 2. The minimum atomic E-state index is 0.106. The summed E-state index contributed by atoms with van der Waals surface area (Å²) in [6, 6.07) is 25.8. The van der Waals surface area contributed by atoms with Gasteiger partial charge in [-0.05, 0) is 59.5 Å². The van der Waals surface area contributed by atoms with E-state index in [0.717, 1.165) is 31.9 Å². The molecule has 0 aromatic heterocycles. The quantitative estimate of drug-likeness (QED) is 0.428. The third kappa shape index (κ3) is 5.32. The molecule has 0 N–H and O–H groups in total. The molecule has 166 valence electrons. The van der Waals surface area contributed by atoms with Gasteiger partial charge in [0.05, 0.1) is 40.0 Å². The summed E-state index contributed by atoms with van der Waals surface area (Å²) in [6.07, 6.45) is 0. The molecule has 3 aromatic carbocycles. The lowest BCUT2D eigenvalue weighted by atomic mass is 9.97. The fraction of sp³-hybridized carbons (Fsp3) is 0.259. The molecule has 1 saturated heterocycles. The molecule has 33 heavy (non-hydrogen) atoms. The van der Waals surface area contributed by atoms with Crippen LogP contribution in [0.1, 0.15) is 41.1 Å². The van der Waals surface area contributed by atoms with E-state index in [1.54, 1.807) is 6.07 Å². The first-order valence-corrected chi connectivity index (χ1v) is 11.7. The molecule has 0 saturated carbocycles. The second-order valence-electron chi connectivity index (χ2n) is 8.43. The van der Waals surface area contributed by atoms with Crippen molar-refractivity contribution in [3.8, 4) is 12.1 Å². The largest absolute Gasteiger partial charge is 0.361 e. The van der Waals surface area contributed by atoms with Gasteiger partial charge in [-0.15, -0.1) is 0 Å². The van der Waals surface area contributed by atoms with E-state index in [9.17, 15) is 5.26 Å². The molecule has 4 rings (SSSR count). The van der Waals surface area contributed by atoms with Crippen molar-refractivity contribution in [1.29, 1.82) is 10.5 Å². The average molecular weight is 475 g/mol. The number of benzene rings is 3. The Morgan fingerprint density at radius 3 is 2.21 bits per heavy atom. The van der Waals surface area contributed by atoms with Crippen LogP contribution >= 0.6 is 23.2 Å². The standard InChI is InChI=1S/C27H24Cl2N4/c1-19(22-5-2-20(15-30)3-6-22)17-32-12-13-33(26-11-4-21(16-31)14-25(26)29)27(18-32)23-7-9-24(28)10-8-23/h2-11,14,19,27H,12-13,17-18H2,1H3/t19-,27-/m0/s1. The summed E-state index contributed by atoms with van der Waals surface area (Å²) in [5.74, 6) is 0.341. The SMILES string of the molecule is C[C@@H](CN1CCN(c2ccc(C#N)cc2Cl)[C@H](c2ccc(Cl)cc2)C1)c1ccc(C#N)cc1. The monoisotopic (exact) mass is 474 g/mol. The highest BCUT2D eigenvalue weighted by molar-refractivity contribution is 6.33. The molecule has 1 fully saturated rings. The Bertz CT molecular complexity index is 1190. The molecular formula is C27H24Cl2N4. The van der Waals surface area contributed by atoms with Crippen molar-refractivity contribution in [2.75, 3.05) is 31.1 Å². The highest BCUT2D eigenvalue weighted by Gasteiger charge is 2.30. The predicted octanol–water partition coefficient (Wildman–Crippen LogP) is 6.40. The van der Waals surface area contributed by atoms with E-state index in [1.807, 2.05) is 48.5 Å². The maximum atomic E-state index is 9.20. The molecule has 0 bridgehead atoms. The van der Waals surface area contributed by atoms with Crippen molar-refractivity contribution < 1.29 is 0 Å². The van der Waals surface area contributed by atoms with E-state index >= 15 is 0 Å². The predicted molar refractivity (Wildman–Crippen MR) is 134 cm³/mol. The number of nitrogens with zero attached hydrogens (tertiary/aromatic N) is 4. The molecule has 1 heterocycles. The molecular weight excluding hydrogens is 451 g/mol. The zero-order valence-electron chi connectivity index (χ0n) is 18.4. The molecule has 4 nitrogen and oxygen atoms in total. The minimum Gasteiger partial charge on any atom is -0.361 e. The van der Waals surface area contributed by atoms with Crippen molar-refractivity contribution in [3.63, 3.8) is 0 Å². The van der Waals surface area contributed by atoms with Crippen molar-refractivity contribution in [2.24, 2.45) is 0 Å². The summed E-state index contributed by atoms with van der Waals surface area (Å²) in [5, 5.41) is 19.6. The fourth-order valence-corrected chi connectivity index (χ4v) is 4.87. The highest BCUT2D eigenvalue weighted by Crippen LogP contribution is 2.36. The summed E-state index contributed by atoms with van der Waals surface area (Å²) < 4.78 is 0. The van der Waals surface area contributed by atoms with Gasteiger partial charge >= 0.3 is 0 Å². The number of anilines is 1. The van der Waals surface area contributed by atoms with Gasteiger partial charge in [0, 0.05) is 31.2 Å². The third-order valence-corrected chi connectivity index (χ3v) is 6.80. The number of hydrogen-bond donors (Lipinski definition) is 0. The first-order chi connectivity index (χ1) is 16.0. The van der Waals surface area contributed by atoms with Crippen LogP contribution in [0.4, 0.5) is 5.69 Å². The summed E-state index contributed by atoms with van der Waals surface area (Å²) in [6.45, 7) is 5.71. The zero-order chi connectivity index (χ0) is 23.4. The molecule has 0 amide bonds. The summed E-state index contributed by atoms with van der Waals surface area (Å²) in [5.41, 5.74) is 4.59. The van der Waals surface area contributed by atoms with Crippen LogP contribution < -0.4 is 4.90 Å². The van der Waals surface area contributed by atoms with Crippen molar-refractivity contribution in [2.45, 2.75) is 18.9 Å². The topological polar surface area (TPSA) is 54.1 Å². The van der Waals surface area contributed by atoms with Gasteiger partial charge in [-0.1, -0.05) is 54.4 Å². The van der Waals surface area contributed by atoms with E-state index in [1.165, 1.54) is 11.1 Å². The molecule has 6 heteroatoms. The van der Waals surface area contributed by atoms with Crippen molar-refractivity contribution >= 4 is 28.9 Å². The van der Waals surface area contributed by atoms with Crippen molar-refractivity contribution in [1.82, 2.24) is 4.90 Å². The zero-order valence-corrected chi connectivity index (χ0v) is 19.9. The maximum absolute atomic E-state index is 9.20. The highest BCUT2D eigenvalue weighted by atomic mass is 35.5. The van der Waals surface area contributed by atoms with Crippen LogP contribution in [0.2, 0.25) is 10.0 Å². The number of piperazine rings is 1. The van der Waals surface area contributed by atoms with Gasteiger partial charge in [-0.2, -0.15) is 10.5 Å². The molecule has 0 spiro atoms. The van der Waals surface area contributed by atoms with Gasteiger partial charge in [0.15, 0.2) is 0 Å². The Morgan fingerprint density at radius 2 is 1.58 bits per heavy atom. The van der Waals surface area contributed by atoms with Gasteiger partial charge in [0.25, 0.3) is 0 Å². The first-order valence-electron chi connectivity index (χ1n) is 10.9. The van der Waals surface area contributed by atoms with Gasteiger partial charge in [0.1, 0.15) is 0 Å². The van der Waals surface area contributed by atoms with Crippen LogP contribution in [0.25, 0.3) is 0 Å². The van der Waals surface area contributed by atoms with Crippen LogP contribution in [0.5, 0.6) is 0 Å². The van der Waals surface area contributed by atoms with E-state index in [4.69, 9.17) is 28.5 Å². The van der Waals surface area contributed by atoms with E-state index in [2.05, 4.69) is 41.0 Å². The fourth-order valence-electron chi connectivity index (χ4n) is 4.45. The Kier molecular flexibility index (Phi) is 7.21. The molecule has 2 atom stereocenters. The Hall–Kier alpha value is -3.02. The summed E-state index contributed by atoms with van der Waals surface area (Å²) >= 11 is 12.7. The average Bonchev–Trinajstić information content (AvgIpc) is 2.84. The molecule has 1 aliphatic rings. The second kappa shape index (κ2) is 10.3. The summed E-state index contributed by atoms with van der Waals surface area (Å²) in [4.78, 5) is 4.81. The van der Waals surface area contributed by atoms with Gasteiger partial charge < -0.3 is 4.90 Å². The van der Waals surface area contributed by atoms with Gasteiger partial charge in [-0.3, -0.25) is 4.90 Å². The van der Waals surface area contributed by atoms with Crippen LogP contribution in [-0.4, -0.2) is 31.1 Å². The normalized spacial score (nSPS) is 17.2. The van der Waals surface area contributed by atoms with Crippen molar-refractivity contribution in [3.05, 3.63) is 99.0 Å². The van der Waals surface area contributed by atoms with Crippen LogP contribution in [0.15, 0.2) is 66.7 Å². The molecule has 0 unspecified atom stereocenters. The number of hydrogen-bond acceptors (Lipinski definition) is 4. The molecule has 0 radical (unpaired) electrons. The lowest BCUT2D eigenvalue weighted by Gasteiger charge is -2.44. The molecule has 1 aliphatic heterocycles. The lowest BCUT2D eigenvalue weighted by molar-refractivity contribution is 0.214. The molecule has 0 aliphatic carbocycles. The lowest BCUT2D eigenvalue weighted by Crippen LogP contribution is -2.49. The smallest absolute Gasteiger partial charge is 0.0992 e. The van der Waals surface area contributed by atoms with E-state index < -0.39 is 0 Å². The Morgan fingerprint density at radius 1 is 0.909 bits per heavy atom. The summed E-state index contributed by atoms with van der Waals surface area (Å²) in [7, 11) is 0. The maximum Gasteiger partial charge on any atom is 0.0992 e. The first kappa shape index (κ1) is 23.1. The Balaban J connectivity index is 1.57. The van der Waals surface area contributed by atoms with Crippen LogP contribution in [-0.2, 0) is 0 Å². The van der Waals surface area contributed by atoms with Gasteiger partial charge in [0.2, 0.25) is 0 Å². The van der Waals surface area contributed by atoms with Gasteiger partial charge in [-0.25, -0.2) is 0 Å².